The van der Waals surface area contributed by atoms with Crippen molar-refractivity contribution >= 4 is 11.7 Å². The largest absolute Gasteiger partial charge is 0.307 e. The van der Waals surface area contributed by atoms with Gasteiger partial charge in [-0.3, -0.25) is 9.48 Å². The molecule has 0 fully saturated rings. The number of aryl methyl sites for hydroxylation is 2. The number of anilines is 1. The first kappa shape index (κ1) is 15.9. The predicted molar refractivity (Wildman–Crippen MR) is 78.4 cm³/mol. The molecule has 0 saturated heterocycles. The van der Waals surface area contributed by atoms with Crippen molar-refractivity contribution in [3.63, 3.8) is 0 Å². The van der Waals surface area contributed by atoms with Gasteiger partial charge in [-0.1, -0.05) is 13.8 Å². The molecule has 1 heterocycles. The van der Waals surface area contributed by atoms with Crippen LogP contribution < -0.4 is 5.32 Å². The molecular weight excluding hydrogens is 257 g/mol. The minimum Gasteiger partial charge on any atom is -0.307 e. The van der Waals surface area contributed by atoms with Crippen LogP contribution in [0.15, 0.2) is 24.4 Å². The zero-order valence-electron chi connectivity index (χ0n) is 12.5. The maximum absolute atomic E-state index is 13.6. The molecule has 2 rings (SSSR count). The Morgan fingerprint density at radius 1 is 1.30 bits per heavy atom. The van der Waals surface area contributed by atoms with E-state index in [1.807, 2.05) is 13.8 Å². The van der Waals surface area contributed by atoms with Crippen LogP contribution in [0.3, 0.4) is 0 Å². The van der Waals surface area contributed by atoms with Gasteiger partial charge in [-0.15, -0.1) is 0 Å². The number of carbonyl (C=O) groups is 1. The van der Waals surface area contributed by atoms with Crippen LogP contribution in [0.4, 0.5) is 10.2 Å². The Bertz CT molecular complexity index is 582. The van der Waals surface area contributed by atoms with E-state index in [1.165, 1.54) is 10.7 Å². The number of carbonyl (C=O) groups excluding carboxylic acids is 1. The van der Waals surface area contributed by atoms with Crippen LogP contribution in [0.25, 0.3) is 0 Å². The molecule has 0 bridgehead atoms. The van der Waals surface area contributed by atoms with Gasteiger partial charge in [-0.2, -0.15) is 5.10 Å². The lowest BCUT2D eigenvalue weighted by molar-refractivity contribution is 0.102. The Hall–Kier alpha value is -2.17. The number of rotatable bonds is 2. The zero-order chi connectivity index (χ0) is 15.3. The standard InChI is InChI=1S/C13H14FN3O.C2H6/c1-8-6-10(7-11(14)9(8)2)13(18)16-12-4-5-15-17(12)3;1-2/h4-7H,1-3H3,(H,16,18);1-2H3. The van der Waals surface area contributed by atoms with Gasteiger partial charge in [-0.25, -0.2) is 4.39 Å². The first-order valence-electron chi connectivity index (χ1n) is 6.55. The third-order valence-electron chi connectivity index (χ3n) is 2.93. The Kier molecular flexibility index (Phi) is 5.43. The van der Waals surface area contributed by atoms with Crippen molar-refractivity contribution in [3.05, 3.63) is 46.9 Å². The van der Waals surface area contributed by atoms with Gasteiger partial charge in [0.25, 0.3) is 5.91 Å². The number of halogens is 1. The molecule has 108 valence electrons. The van der Waals surface area contributed by atoms with Crippen molar-refractivity contribution in [1.82, 2.24) is 9.78 Å². The normalized spacial score (nSPS) is 9.70. The summed E-state index contributed by atoms with van der Waals surface area (Å²) in [5.74, 6) is -0.149. The van der Waals surface area contributed by atoms with E-state index in [4.69, 9.17) is 0 Å². The maximum Gasteiger partial charge on any atom is 0.256 e. The van der Waals surface area contributed by atoms with Crippen molar-refractivity contribution in [2.45, 2.75) is 27.7 Å². The molecule has 20 heavy (non-hydrogen) atoms. The molecule has 1 N–H and O–H groups in total. The van der Waals surface area contributed by atoms with Crippen LogP contribution >= 0.6 is 0 Å². The topological polar surface area (TPSA) is 46.9 Å². The Labute approximate surface area is 118 Å². The fraction of sp³-hybridized carbons (Fsp3) is 0.333. The van der Waals surface area contributed by atoms with Crippen LogP contribution in [0.5, 0.6) is 0 Å². The summed E-state index contributed by atoms with van der Waals surface area (Å²) in [6.07, 6.45) is 1.58. The summed E-state index contributed by atoms with van der Waals surface area (Å²) in [4.78, 5) is 12.0. The molecule has 0 aliphatic heterocycles. The van der Waals surface area contributed by atoms with Gasteiger partial charge in [0.1, 0.15) is 11.6 Å². The van der Waals surface area contributed by atoms with Crippen molar-refractivity contribution in [3.8, 4) is 0 Å². The fourth-order valence-electron chi connectivity index (χ4n) is 1.63. The summed E-state index contributed by atoms with van der Waals surface area (Å²) in [6.45, 7) is 7.47. The second kappa shape index (κ2) is 6.84. The Morgan fingerprint density at radius 3 is 2.45 bits per heavy atom. The third-order valence-corrected chi connectivity index (χ3v) is 2.93. The van der Waals surface area contributed by atoms with E-state index in [9.17, 15) is 9.18 Å². The number of hydrogen-bond acceptors (Lipinski definition) is 2. The summed E-state index contributed by atoms with van der Waals surface area (Å²) in [6, 6.07) is 4.59. The Morgan fingerprint density at radius 2 is 1.95 bits per heavy atom. The van der Waals surface area contributed by atoms with Crippen molar-refractivity contribution in [2.75, 3.05) is 5.32 Å². The van der Waals surface area contributed by atoms with Crippen molar-refractivity contribution in [2.24, 2.45) is 7.05 Å². The van der Waals surface area contributed by atoms with Crippen LogP contribution in [0.1, 0.15) is 35.3 Å². The number of hydrogen-bond donors (Lipinski definition) is 1. The van der Waals surface area contributed by atoms with Gasteiger partial charge in [0.15, 0.2) is 0 Å². The highest BCUT2D eigenvalue weighted by Gasteiger charge is 2.12. The molecule has 0 spiro atoms. The lowest BCUT2D eigenvalue weighted by Crippen LogP contribution is -2.15. The van der Waals surface area contributed by atoms with Crippen LogP contribution in [-0.4, -0.2) is 15.7 Å². The summed E-state index contributed by atoms with van der Waals surface area (Å²) in [5, 5.41) is 6.62. The van der Waals surface area contributed by atoms with E-state index in [0.717, 1.165) is 5.56 Å². The fourth-order valence-corrected chi connectivity index (χ4v) is 1.63. The smallest absolute Gasteiger partial charge is 0.256 e. The van der Waals surface area contributed by atoms with E-state index in [2.05, 4.69) is 10.4 Å². The van der Waals surface area contributed by atoms with Crippen LogP contribution in [-0.2, 0) is 7.05 Å². The first-order valence-corrected chi connectivity index (χ1v) is 6.55. The molecule has 0 saturated carbocycles. The van der Waals surface area contributed by atoms with Crippen molar-refractivity contribution < 1.29 is 9.18 Å². The lowest BCUT2D eigenvalue weighted by Gasteiger charge is -2.08. The quantitative estimate of drug-likeness (QED) is 0.913. The van der Waals surface area contributed by atoms with E-state index in [1.54, 1.807) is 39.2 Å². The molecule has 1 aromatic heterocycles. The second-order valence-electron chi connectivity index (χ2n) is 4.19. The predicted octanol–water partition coefficient (Wildman–Crippen LogP) is 3.45. The minimum absolute atomic E-state index is 0.303. The first-order chi connectivity index (χ1) is 9.49. The van der Waals surface area contributed by atoms with Gasteiger partial charge < -0.3 is 5.32 Å². The van der Waals surface area contributed by atoms with Gasteiger partial charge in [-0.05, 0) is 37.1 Å². The highest BCUT2D eigenvalue weighted by molar-refractivity contribution is 6.04. The monoisotopic (exact) mass is 277 g/mol. The second-order valence-corrected chi connectivity index (χ2v) is 4.19. The average molecular weight is 277 g/mol. The number of amides is 1. The minimum atomic E-state index is -0.370. The molecule has 0 atom stereocenters. The molecule has 2 aromatic rings. The molecule has 4 nitrogen and oxygen atoms in total. The summed E-state index contributed by atoms with van der Waals surface area (Å²) in [5.41, 5.74) is 1.62. The molecule has 5 heteroatoms. The zero-order valence-corrected chi connectivity index (χ0v) is 12.5. The van der Waals surface area contributed by atoms with Crippen LogP contribution in [0, 0.1) is 19.7 Å². The van der Waals surface area contributed by atoms with Crippen LogP contribution in [0.2, 0.25) is 0 Å². The third kappa shape index (κ3) is 3.44. The van der Waals surface area contributed by atoms with E-state index in [-0.39, 0.29) is 11.7 Å². The molecular formula is C15H20FN3O. The number of aromatic nitrogens is 2. The number of nitrogens with zero attached hydrogens (tertiary/aromatic N) is 2. The van der Waals surface area contributed by atoms with Gasteiger partial charge in [0.05, 0.1) is 6.20 Å². The lowest BCUT2D eigenvalue weighted by atomic mass is 10.1. The van der Waals surface area contributed by atoms with Crippen molar-refractivity contribution in [1.29, 1.82) is 0 Å². The van der Waals surface area contributed by atoms with E-state index >= 15 is 0 Å². The molecule has 0 aliphatic carbocycles. The molecule has 1 amide bonds. The van der Waals surface area contributed by atoms with Gasteiger partial charge in [0.2, 0.25) is 0 Å². The summed E-state index contributed by atoms with van der Waals surface area (Å²) in [7, 11) is 1.72. The highest BCUT2D eigenvalue weighted by atomic mass is 19.1. The SMILES string of the molecule is CC.Cc1cc(C(=O)Nc2ccnn2C)cc(F)c1C. The summed E-state index contributed by atoms with van der Waals surface area (Å²) < 4.78 is 15.1. The maximum atomic E-state index is 13.6. The average Bonchev–Trinajstić information content (AvgIpc) is 2.83. The van der Waals surface area contributed by atoms with Gasteiger partial charge in [0, 0.05) is 18.7 Å². The molecule has 0 radical (unpaired) electrons. The highest BCUT2D eigenvalue weighted by Crippen LogP contribution is 2.16. The van der Waals surface area contributed by atoms with E-state index < -0.39 is 0 Å². The van der Waals surface area contributed by atoms with E-state index in [0.29, 0.717) is 16.9 Å². The summed E-state index contributed by atoms with van der Waals surface area (Å²) >= 11 is 0. The molecule has 1 aromatic carbocycles. The molecule has 0 aliphatic rings. The molecule has 0 unspecified atom stereocenters. The Balaban J connectivity index is 0.000000956. The number of nitrogens with one attached hydrogen (secondary N) is 1. The number of benzene rings is 1. The van der Waals surface area contributed by atoms with Gasteiger partial charge >= 0.3 is 0 Å².